The van der Waals surface area contributed by atoms with E-state index < -0.39 is 0 Å². The number of amides is 1. The Balaban J connectivity index is 2.19. The summed E-state index contributed by atoms with van der Waals surface area (Å²) in [4.78, 5) is 14.4. The van der Waals surface area contributed by atoms with E-state index in [1.807, 2.05) is 31.2 Å². The summed E-state index contributed by atoms with van der Waals surface area (Å²) in [5, 5.41) is 0. The second kappa shape index (κ2) is 8.76. The van der Waals surface area contributed by atoms with Crippen molar-refractivity contribution >= 4 is 21.8 Å². The lowest BCUT2D eigenvalue weighted by Gasteiger charge is -2.19. The monoisotopic (exact) mass is 407 g/mol. The maximum absolute atomic E-state index is 12.7. The van der Waals surface area contributed by atoms with E-state index >= 15 is 0 Å². The zero-order valence-corrected chi connectivity index (χ0v) is 16.4. The number of halogens is 1. The van der Waals surface area contributed by atoms with Crippen LogP contribution >= 0.6 is 15.9 Å². The molecule has 0 atom stereocenters. The Bertz CT molecular complexity index is 731. The molecule has 0 aromatic heterocycles. The first-order valence-corrected chi connectivity index (χ1v) is 8.68. The molecule has 0 aliphatic heterocycles. The van der Waals surface area contributed by atoms with Crippen LogP contribution in [0.25, 0.3) is 0 Å². The highest BCUT2D eigenvalue weighted by molar-refractivity contribution is 9.10. The van der Waals surface area contributed by atoms with E-state index in [0.717, 1.165) is 11.3 Å². The molecule has 0 aliphatic rings. The third kappa shape index (κ3) is 4.66. The highest BCUT2D eigenvalue weighted by atomic mass is 79.9. The Kier molecular flexibility index (Phi) is 6.70. The molecular weight excluding hydrogens is 386 g/mol. The second-order valence-electron chi connectivity index (χ2n) is 5.43. The minimum absolute atomic E-state index is 0.0992. The predicted octanol–water partition coefficient (Wildman–Crippen LogP) is 4.14. The van der Waals surface area contributed by atoms with Gasteiger partial charge >= 0.3 is 0 Å². The summed E-state index contributed by atoms with van der Waals surface area (Å²) in [5.74, 6) is 1.81. The maximum atomic E-state index is 12.7. The van der Waals surface area contributed by atoms with Gasteiger partial charge in [0.25, 0.3) is 5.91 Å². The summed E-state index contributed by atoms with van der Waals surface area (Å²) in [6.07, 6.45) is 0. The topological polar surface area (TPSA) is 48.0 Å². The molecule has 0 bridgehead atoms. The molecule has 0 fully saturated rings. The molecule has 6 heteroatoms. The lowest BCUT2D eigenvalue weighted by atomic mass is 10.1. The van der Waals surface area contributed by atoms with Gasteiger partial charge in [0.2, 0.25) is 0 Å². The molecule has 0 saturated heterocycles. The van der Waals surface area contributed by atoms with Crippen molar-refractivity contribution < 1.29 is 19.0 Å². The highest BCUT2D eigenvalue weighted by Crippen LogP contribution is 2.37. The Morgan fingerprint density at radius 1 is 1.12 bits per heavy atom. The summed E-state index contributed by atoms with van der Waals surface area (Å²) in [6.45, 7) is 2.91. The Morgan fingerprint density at radius 3 is 2.36 bits per heavy atom. The molecular formula is C19H22BrNO4. The highest BCUT2D eigenvalue weighted by Gasteiger charge is 2.18. The van der Waals surface area contributed by atoms with Crippen molar-refractivity contribution in [2.45, 2.75) is 13.5 Å². The number of nitrogens with zero attached hydrogens (tertiary/aromatic N) is 1. The van der Waals surface area contributed by atoms with E-state index in [-0.39, 0.29) is 5.91 Å². The summed E-state index contributed by atoms with van der Waals surface area (Å²) >= 11 is 3.45. The zero-order chi connectivity index (χ0) is 18.4. The van der Waals surface area contributed by atoms with Gasteiger partial charge < -0.3 is 19.1 Å². The second-order valence-corrected chi connectivity index (χ2v) is 6.29. The predicted molar refractivity (Wildman–Crippen MR) is 101 cm³/mol. The molecule has 1 amide bonds. The number of hydrogen-bond donors (Lipinski definition) is 0. The molecule has 0 radical (unpaired) electrons. The van der Waals surface area contributed by atoms with Gasteiger partial charge in [0, 0.05) is 19.2 Å². The molecule has 5 nitrogen and oxygen atoms in total. The summed E-state index contributed by atoms with van der Waals surface area (Å²) in [7, 11) is 4.95. The van der Waals surface area contributed by atoms with Gasteiger partial charge in [0.15, 0.2) is 11.5 Å². The SMILES string of the molecule is CCOc1c(Br)cc(C(=O)N(C)Cc2ccc(OC)cc2)cc1OC. The van der Waals surface area contributed by atoms with E-state index in [1.54, 1.807) is 38.3 Å². The van der Waals surface area contributed by atoms with E-state index in [9.17, 15) is 4.79 Å². The fourth-order valence-corrected chi connectivity index (χ4v) is 2.98. The van der Waals surface area contributed by atoms with Crippen molar-refractivity contribution in [2.24, 2.45) is 0 Å². The minimum atomic E-state index is -0.0992. The Morgan fingerprint density at radius 2 is 1.80 bits per heavy atom. The van der Waals surface area contributed by atoms with Crippen molar-refractivity contribution in [1.29, 1.82) is 0 Å². The van der Waals surface area contributed by atoms with E-state index in [1.165, 1.54) is 0 Å². The average molecular weight is 408 g/mol. The first kappa shape index (κ1) is 19.1. The molecule has 2 aromatic rings. The fourth-order valence-electron chi connectivity index (χ4n) is 2.42. The molecule has 134 valence electrons. The van der Waals surface area contributed by atoms with Gasteiger partial charge in [-0.05, 0) is 52.7 Å². The number of methoxy groups -OCH3 is 2. The molecule has 25 heavy (non-hydrogen) atoms. The molecule has 0 unspecified atom stereocenters. The zero-order valence-electron chi connectivity index (χ0n) is 14.8. The van der Waals surface area contributed by atoms with E-state index in [2.05, 4.69) is 15.9 Å². The van der Waals surface area contributed by atoms with Gasteiger partial charge in [-0.25, -0.2) is 0 Å². The van der Waals surface area contributed by atoms with Gasteiger partial charge in [-0.3, -0.25) is 4.79 Å². The lowest BCUT2D eigenvalue weighted by molar-refractivity contribution is 0.0784. The standard InChI is InChI=1S/C19H22BrNO4/c1-5-25-18-16(20)10-14(11-17(18)24-4)19(22)21(2)12-13-6-8-15(23-3)9-7-13/h6-11H,5,12H2,1-4H3. The number of rotatable bonds is 7. The third-order valence-corrected chi connectivity index (χ3v) is 4.28. The Hall–Kier alpha value is -2.21. The summed E-state index contributed by atoms with van der Waals surface area (Å²) < 4.78 is 16.8. The van der Waals surface area contributed by atoms with Crippen molar-refractivity contribution in [1.82, 2.24) is 4.90 Å². The number of ether oxygens (including phenoxy) is 3. The summed E-state index contributed by atoms with van der Waals surface area (Å²) in [6, 6.07) is 11.1. The molecule has 0 heterocycles. The van der Waals surface area contributed by atoms with Crippen LogP contribution < -0.4 is 14.2 Å². The number of carbonyl (C=O) groups excluding carboxylic acids is 1. The van der Waals surface area contributed by atoms with E-state index in [4.69, 9.17) is 14.2 Å². The molecule has 0 saturated carbocycles. The van der Waals surface area contributed by atoms with Gasteiger partial charge in [0.05, 0.1) is 25.3 Å². The van der Waals surface area contributed by atoms with Crippen LogP contribution in [-0.4, -0.2) is 38.7 Å². The van der Waals surface area contributed by atoms with Crippen LogP contribution in [0.3, 0.4) is 0 Å². The Labute approximate surface area is 156 Å². The summed E-state index contributed by atoms with van der Waals surface area (Å²) in [5.41, 5.74) is 1.55. The minimum Gasteiger partial charge on any atom is -0.497 e. The smallest absolute Gasteiger partial charge is 0.254 e. The number of hydrogen-bond acceptors (Lipinski definition) is 4. The van der Waals surface area contributed by atoms with Crippen LogP contribution in [-0.2, 0) is 6.54 Å². The number of carbonyl (C=O) groups is 1. The van der Waals surface area contributed by atoms with Crippen molar-refractivity contribution in [3.8, 4) is 17.2 Å². The maximum Gasteiger partial charge on any atom is 0.254 e. The average Bonchev–Trinajstić information content (AvgIpc) is 2.63. The molecule has 2 aromatic carbocycles. The first-order valence-electron chi connectivity index (χ1n) is 7.88. The normalized spacial score (nSPS) is 10.3. The van der Waals surface area contributed by atoms with Crippen LogP contribution in [0.5, 0.6) is 17.2 Å². The van der Waals surface area contributed by atoms with Crippen LogP contribution in [0, 0.1) is 0 Å². The molecule has 2 rings (SSSR count). The lowest BCUT2D eigenvalue weighted by Crippen LogP contribution is -2.26. The fraction of sp³-hybridized carbons (Fsp3) is 0.316. The van der Waals surface area contributed by atoms with Crippen molar-refractivity contribution in [3.63, 3.8) is 0 Å². The molecule has 0 aliphatic carbocycles. The molecule has 0 N–H and O–H groups in total. The van der Waals surface area contributed by atoms with Crippen molar-refractivity contribution in [3.05, 3.63) is 52.0 Å². The third-order valence-electron chi connectivity index (χ3n) is 3.69. The van der Waals surface area contributed by atoms with Crippen LogP contribution in [0.1, 0.15) is 22.8 Å². The van der Waals surface area contributed by atoms with Gasteiger partial charge in [-0.1, -0.05) is 12.1 Å². The van der Waals surface area contributed by atoms with Gasteiger partial charge in [-0.2, -0.15) is 0 Å². The molecule has 0 spiro atoms. The van der Waals surface area contributed by atoms with Crippen LogP contribution in [0.2, 0.25) is 0 Å². The van der Waals surface area contributed by atoms with E-state index in [0.29, 0.717) is 34.7 Å². The van der Waals surface area contributed by atoms with Crippen molar-refractivity contribution in [2.75, 3.05) is 27.9 Å². The quantitative estimate of drug-likeness (QED) is 0.691. The van der Waals surface area contributed by atoms with Crippen LogP contribution in [0.15, 0.2) is 40.9 Å². The number of benzene rings is 2. The van der Waals surface area contributed by atoms with Crippen LogP contribution in [0.4, 0.5) is 0 Å². The van der Waals surface area contributed by atoms with Gasteiger partial charge in [0.1, 0.15) is 5.75 Å². The van der Waals surface area contributed by atoms with Gasteiger partial charge in [-0.15, -0.1) is 0 Å². The first-order chi connectivity index (χ1) is 12.0. The largest absolute Gasteiger partial charge is 0.497 e.